The summed E-state index contributed by atoms with van der Waals surface area (Å²) < 4.78 is 34.0. The van der Waals surface area contributed by atoms with Crippen molar-refractivity contribution in [1.29, 1.82) is 0 Å². The van der Waals surface area contributed by atoms with Gasteiger partial charge in [-0.15, -0.1) is 3.89 Å². The molecule has 0 aromatic carbocycles. The van der Waals surface area contributed by atoms with E-state index in [0.29, 0.717) is 5.56 Å². The Morgan fingerprint density at radius 3 is 2.81 bits per heavy atom. The predicted molar refractivity (Wildman–Crippen MR) is 71.0 cm³/mol. The lowest BCUT2D eigenvalue weighted by atomic mass is 10.1. The van der Waals surface area contributed by atoms with E-state index in [1.54, 1.807) is 0 Å². The van der Waals surface area contributed by atoms with E-state index in [2.05, 4.69) is 4.98 Å². The highest BCUT2D eigenvalue weighted by Gasteiger charge is 2.37. The fraction of sp³-hybridized carbons (Fsp3) is 0.455. The van der Waals surface area contributed by atoms with Gasteiger partial charge in [0.25, 0.3) is 0 Å². The van der Waals surface area contributed by atoms with Gasteiger partial charge in [0.15, 0.2) is 0 Å². The number of hydrogen-bond donors (Lipinski definition) is 0. The fourth-order valence-electron chi connectivity index (χ4n) is 2.34. The monoisotopic (exact) mass is 317 g/mol. The van der Waals surface area contributed by atoms with Crippen LogP contribution in [0, 0.1) is 23.0 Å². The SMILES string of the molecule is Cc1ccnc(N2CC(CS(=O)(=O)F)CC2=O)c1[N+](=O)[O-]. The molecule has 0 N–H and O–H groups in total. The number of aryl methyl sites for hydroxylation is 1. The highest BCUT2D eigenvalue weighted by molar-refractivity contribution is 7.86. The molecule has 1 saturated heterocycles. The number of nitrogens with zero attached hydrogens (tertiary/aromatic N) is 3. The minimum atomic E-state index is -4.70. The molecule has 1 unspecified atom stereocenters. The van der Waals surface area contributed by atoms with Crippen molar-refractivity contribution in [2.24, 2.45) is 5.92 Å². The van der Waals surface area contributed by atoms with Crippen LogP contribution in [0.15, 0.2) is 12.3 Å². The summed E-state index contributed by atoms with van der Waals surface area (Å²) >= 11 is 0. The molecule has 8 nitrogen and oxygen atoms in total. The van der Waals surface area contributed by atoms with E-state index >= 15 is 0 Å². The number of pyridine rings is 1. The second-order valence-corrected chi connectivity index (χ2v) is 6.25. The molecular weight excluding hydrogens is 305 g/mol. The molecule has 10 heteroatoms. The summed E-state index contributed by atoms with van der Waals surface area (Å²) in [6.07, 6.45) is 1.14. The molecule has 21 heavy (non-hydrogen) atoms. The lowest BCUT2D eigenvalue weighted by molar-refractivity contribution is -0.384. The van der Waals surface area contributed by atoms with Gasteiger partial charge in [-0.1, -0.05) is 0 Å². The average molecular weight is 317 g/mol. The topological polar surface area (TPSA) is 110 Å². The summed E-state index contributed by atoms with van der Waals surface area (Å²) in [7, 11) is -4.70. The Labute approximate surface area is 119 Å². The first-order chi connectivity index (χ1) is 9.69. The van der Waals surface area contributed by atoms with Crippen LogP contribution in [-0.4, -0.2) is 36.5 Å². The third-order valence-electron chi connectivity index (χ3n) is 3.18. The fourth-order valence-corrected chi connectivity index (χ4v) is 3.13. The van der Waals surface area contributed by atoms with Crippen LogP contribution in [0.5, 0.6) is 0 Å². The van der Waals surface area contributed by atoms with Crippen LogP contribution in [0.25, 0.3) is 0 Å². The van der Waals surface area contributed by atoms with Crippen LogP contribution in [0.1, 0.15) is 12.0 Å². The maximum Gasteiger partial charge on any atom is 0.314 e. The van der Waals surface area contributed by atoms with E-state index in [4.69, 9.17) is 0 Å². The van der Waals surface area contributed by atoms with Crippen molar-refractivity contribution in [3.8, 4) is 0 Å². The van der Waals surface area contributed by atoms with Crippen molar-refractivity contribution in [3.63, 3.8) is 0 Å². The molecule has 2 heterocycles. The highest BCUT2D eigenvalue weighted by atomic mass is 32.3. The minimum Gasteiger partial charge on any atom is -0.291 e. The number of rotatable bonds is 4. The normalized spacial score (nSPS) is 19.0. The van der Waals surface area contributed by atoms with Gasteiger partial charge >= 0.3 is 15.9 Å². The zero-order chi connectivity index (χ0) is 15.8. The lowest BCUT2D eigenvalue weighted by Gasteiger charge is -2.15. The van der Waals surface area contributed by atoms with E-state index < -0.39 is 32.7 Å². The highest BCUT2D eigenvalue weighted by Crippen LogP contribution is 2.33. The Kier molecular flexibility index (Phi) is 3.90. The number of carbonyl (C=O) groups is 1. The summed E-state index contributed by atoms with van der Waals surface area (Å²) in [5.74, 6) is -2.17. The molecular formula is C11H12FN3O5S. The van der Waals surface area contributed by atoms with Crippen LogP contribution in [0.4, 0.5) is 15.4 Å². The van der Waals surface area contributed by atoms with Crippen LogP contribution in [-0.2, 0) is 15.0 Å². The van der Waals surface area contributed by atoms with Crippen molar-refractivity contribution in [3.05, 3.63) is 27.9 Å². The second kappa shape index (κ2) is 5.35. The van der Waals surface area contributed by atoms with Crippen molar-refractivity contribution >= 4 is 27.6 Å². The van der Waals surface area contributed by atoms with E-state index in [-0.39, 0.29) is 24.5 Å². The summed E-state index contributed by atoms with van der Waals surface area (Å²) in [6, 6.07) is 1.44. The summed E-state index contributed by atoms with van der Waals surface area (Å²) in [4.78, 5) is 27.2. The van der Waals surface area contributed by atoms with Gasteiger partial charge in [-0.2, -0.15) is 8.42 Å². The summed E-state index contributed by atoms with van der Waals surface area (Å²) in [6.45, 7) is 1.40. The number of hydrogen-bond acceptors (Lipinski definition) is 6. The van der Waals surface area contributed by atoms with Gasteiger partial charge in [0.1, 0.15) is 0 Å². The van der Waals surface area contributed by atoms with Gasteiger partial charge in [0.2, 0.25) is 11.7 Å². The maximum atomic E-state index is 12.7. The van der Waals surface area contributed by atoms with Gasteiger partial charge in [0, 0.05) is 30.6 Å². The van der Waals surface area contributed by atoms with E-state index in [0.717, 1.165) is 4.90 Å². The van der Waals surface area contributed by atoms with Gasteiger partial charge in [0.05, 0.1) is 10.7 Å². The molecule has 1 aliphatic heterocycles. The Bertz CT molecular complexity index is 706. The largest absolute Gasteiger partial charge is 0.314 e. The molecule has 0 aliphatic carbocycles. The molecule has 2 rings (SSSR count). The smallest absolute Gasteiger partial charge is 0.291 e. The summed E-state index contributed by atoms with van der Waals surface area (Å²) in [5, 5.41) is 11.1. The van der Waals surface area contributed by atoms with Crippen molar-refractivity contribution < 1.29 is 22.0 Å². The van der Waals surface area contributed by atoms with E-state index in [9.17, 15) is 27.2 Å². The molecule has 0 radical (unpaired) electrons. The molecule has 1 amide bonds. The second-order valence-electron chi connectivity index (χ2n) is 4.84. The summed E-state index contributed by atoms with van der Waals surface area (Å²) in [5.41, 5.74) is 0.0222. The number of anilines is 1. The predicted octanol–water partition coefficient (Wildman–Crippen LogP) is 0.950. The minimum absolute atomic E-state index is 0.112. The van der Waals surface area contributed by atoms with Gasteiger partial charge in [-0.25, -0.2) is 4.98 Å². The third-order valence-corrected chi connectivity index (χ3v) is 4.05. The van der Waals surface area contributed by atoms with Crippen molar-refractivity contribution in [1.82, 2.24) is 4.98 Å². The maximum absolute atomic E-state index is 12.7. The van der Waals surface area contributed by atoms with Crippen LogP contribution >= 0.6 is 0 Å². The van der Waals surface area contributed by atoms with Crippen molar-refractivity contribution in [2.45, 2.75) is 13.3 Å². The zero-order valence-electron chi connectivity index (χ0n) is 11.0. The van der Waals surface area contributed by atoms with Crippen LogP contribution in [0.2, 0.25) is 0 Å². The van der Waals surface area contributed by atoms with Gasteiger partial charge in [-0.05, 0) is 13.0 Å². The average Bonchev–Trinajstić information content (AvgIpc) is 2.66. The van der Waals surface area contributed by atoms with Crippen LogP contribution < -0.4 is 4.90 Å². The zero-order valence-corrected chi connectivity index (χ0v) is 11.8. The van der Waals surface area contributed by atoms with E-state index in [1.807, 2.05) is 0 Å². The molecule has 1 atom stereocenters. The number of carbonyl (C=O) groups excluding carboxylic acids is 1. The molecule has 0 spiro atoms. The standard InChI is InChI=1S/C11H12FN3O5S/c1-7-2-3-13-11(10(7)15(17)18)14-5-8(4-9(14)16)6-21(12,19)20/h2-3,8H,4-6H2,1H3. The number of halogens is 1. The van der Waals surface area contributed by atoms with Crippen LogP contribution in [0.3, 0.4) is 0 Å². The lowest BCUT2D eigenvalue weighted by Crippen LogP contribution is -2.27. The molecule has 1 aliphatic rings. The molecule has 114 valence electrons. The Morgan fingerprint density at radius 2 is 2.24 bits per heavy atom. The number of aromatic nitrogens is 1. The molecule has 0 bridgehead atoms. The number of nitro groups is 1. The first-order valence-corrected chi connectivity index (χ1v) is 7.57. The Hall–Kier alpha value is -2.10. The van der Waals surface area contributed by atoms with Gasteiger partial charge < -0.3 is 0 Å². The van der Waals surface area contributed by atoms with Crippen molar-refractivity contribution in [2.75, 3.05) is 17.2 Å². The van der Waals surface area contributed by atoms with E-state index in [1.165, 1.54) is 19.2 Å². The third kappa shape index (κ3) is 3.32. The quantitative estimate of drug-likeness (QED) is 0.464. The molecule has 1 aromatic heterocycles. The molecule has 1 aromatic rings. The van der Waals surface area contributed by atoms with Gasteiger partial charge in [-0.3, -0.25) is 19.8 Å². The first kappa shape index (κ1) is 15.3. The Morgan fingerprint density at radius 1 is 1.57 bits per heavy atom. The first-order valence-electron chi connectivity index (χ1n) is 6.01. The molecule has 1 fully saturated rings. The number of amides is 1. The Balaban J connectivity index is 2.34. The molecule has 0 saturated carbocycles.